The quantitative estimate of drug-likeness (QED) is 0.654. The fourth-order valence-corrected chi connectivity index (χ4v) is 3.50. The summed E-state index contributed by atoms with van der Waals surface area (Å²) in [6.45, 7) is 8.19. The number of thiol groups is 1. The standard InChI is InChI=1S/C16H21BN2O2S2/c1-15(2)16(3,4)21-17(20-15)11(9-22)8-10-6-5-7-12-13(10)19-14(18)23-12/h5-8,22H,9H2,1-4H3,(H2,18,19). The van der Waals surface area contributed by atoms with Crippen molar-refractivity contribution in [2.45, 2.75) is 38.9 Å². The van der Waals surface area contributed by atoms with E-state index in [0.717, 1.165) is 21.3 Å². The van der Waals surface area contributed by atoms with Gasteiger partial charge >= 0.3 is 7.12 Å². The first-order chi connectivity index (χ1) is 10.7. The zero-order valence-corrected chi connectivity index (χ0v) is 15.5. The van der Waals surface area contributed by atoms with Gasteiger partial charge in [-0.15, -0.1) is 0 Å². The van der Waals surface area contributed by atoms with Crippen LogP contribution in [0.2, 0.25) is 0 Å². The molecule has 0 radical (unpaired) electrons. The molecule has 0 atom stereocenters. The third kappa shape index (κ3) is 3.03. The van der Waals surface area contributed by atoms with E-state index in [0.29, 0.717) is 10.9 Å². The number of benzene rings is 1. The van der Waals surface area contributed by atoms with Gasteiger partial charge in [-0.25, -0.2) is 4.98 Å². The van der Waals surface area contributed by atoms with Crippen molar-refractivity contribution >= 4 is 52.5 Å². The molecule has 1 aliphatic heterocycles. The highest BCUT2D eigenvalue weighted by atomic mass is 32.1. The lowest BCUT2D eigenvalue weighted by atomic mass is 9.78. The minimum Gasteiger partial charge on any atom is -0.400 e. The second-order valence-electron chi connectivity index (χ2n) is 6.71. The Bertz CT molecular complexity index is 755. The van der Waals surface area contributed by atoms with Gasteiger partial charge in [0.25, 0.3) is 0 Å². The van der Waals surface area contributed by atoms with Gasteiger partial charge in [-0.1, -0.05) is 29.5 Å². The van der Waals surface area contributed by atoms with Gasteiger partial charge in [-0.2, -0.15) is 12.6 Å². The molecule has 2 heterocycles. The number of rotatable bonds is 3. The molecule has 2 aromatic rings. The molecule has 1 fully saturated rings. The molecule has 0 amide bonds. The van der Waals surface area contributed by atoms with Crippen LogP contribution >= 0.6 is 24.0 Å². The van der Waals surface area contributed by atoms with E-state index in [1.807, 2.05) is 45.9 Å². The average molecular weight is 348 g/mol. The highest BCUT2D eigenvalue weighted by molar-refractivity contribution is 7.80. The van der Waals surface area contributed by atoms with E-state index in [4.69, 9.17) is 15.0 Å². The fourth-order valence-electron chi connectivity index (χ4n) is 2.49. The van der Waals surface area contributed by atoms with E-state index in [2.05, 4.69) is 23.7 Å². The van der Waals surface area contributed by atoms with Crippen LogP contribution in [0.4, 0.5) is 5.13 Å². The molecule has 1 aromatic heterocycles. The van der Waals surface area contributed by atoms with Crippen LogP contribution in [0, 0.1) is 0 Å². The number of anilines is 1. The number of nitrogens with two attached hydrogens (primary N) is 1. The molecule has 2 N–H and O–H groups in total. The van der Waals surface area contributed by atoms with Crippen molar-refractivity contribution in [3.8, 4) is 0 Å². The predicted molar refractivity (Wildman–Crippen MR) is 102 cm³/mol. The first-order valence-corrected chi connectivity index (χ1v) is 9.00. The third-order valence-corrected chi connectivity index (χ3v) is 5.76. The van der Waals surface area contributed by atoms with E-state index in [1.165, 1.54) is 11.3 Å². The molecule has 0 bridgehead atoms. The summed E-state index contributed by atoms with van der Waals surface area (Å²) < 4.78 is 13.3. The van der Waals surface area contributed by atoms with Crippen LogP contribution in [0.1, 0.15) is 33.3 Å². The summed E-state index contributed by atoms with van der Waals surface area (Å²) in [4.78, 5) is 4.43. The van der Waals surface area contributed by atoms with Gasteiger partial charge in [0, 0.05) is 11.3 Å². The molecule has 1 aromatic carbocycles. The van der Waals surface area contributed by atoms with Crippen LogP contribution < -0.4 is 5.73 Å². The third-order valence-electron chi connectivity index (χ3n) is 4.55. The molecule has 122 valence electrons. The lowest BCUT2D eigenvalue weighted by Gasteiger charge is -2.32. The summed E-state index contributed by atoms with van der Waals surface area (Å²) in [5.74, 6) is 0.548. The lowest BCUT2D eigenvalue weighted by molar-refractivity contribution is 0.00578. The Morgan fingerprint density at radius 3 is 2.57 bits per heavy atom. The van der Waals surface area contributed by atoms with Gasteiger partial charge in [0.1, 0.15) is 0 Å². The number of fused-ring (bicyclic) bond motifs is 1. The molecule has 3 rings (SSSR count). The molecule has 4 nitrogen and oxygen atoms in total. The normalized spacial score (nSPS) is 20.4. The monoisotopic (exact) mass is 348 g/mol. The van der Waals surface area contributed by atoms with E-state index < -0.39 is 7.12 Å². The average Bonchev–Trinajstić information content (AvgIpc) is 2.93. The molecule has 7 heteroatoms. The second-order valence-corrected chi connectivity index (χ2v) is 8.09. The van der Waals surface area contributed by atoms with Crippen molar-refractivity contribution in [1.82, 2.24) is 4.98 Å². The van der Waals surface area contributed by atoms with Crippen molar-refractivity contribution in [1.29, 1.82) is 0 Å². The highest BCUT2D eigenvalue weighted by Gasteiger charge is 2.52. The van der Waals surface area contributed by atoms with E-state index in [-0.39, 0.29) is 11.2 Å². The molecule has 1 aliphatic rings. The van der Waals surface area contributed by atoms with Crippen LogP contribution in [0.3, 0.4) is 0 Å². The number of hydrogen-bond donors (Lipinski definition) is 2. The van der Waals surface area contributed by atoms with E-state index in [9.17, 15) is 0 Å². The van der Waals surface area contributed by atoms with E-state index in [1.54, 1.807) is 0 Å². The first kappa shape index (κ1) is 16.8. The van der Waals surface area contributed by atoms with Gasteiger partial charge in [-0.3, -0.25) is 0 Å². The van der Waals surface area contributed by atoms with Crippen molar-refractivity contribution < 1.29 is 9.31 Å². The molecule has 0 unspecified atom stereocenters. The fraction of sp³-hybridized carbons (Fsp3) is 0.438. The van der Waals surface area contributed by atoms with Crippen LogP contribution in [-0.2, 0) is 9.31 Å². The van der Waals surface area contributed by atoms with Crippen molar-refractivity contribution in [3.05, 3.63) is 29.2 Å². The number of nitrogen functional groups attached to an aromatic ring is 1. The highest BCUT2D eigenvalue weighted by Crippen LogP contribution is 2.39. The Morgan fingerprint density at radius 2 is 1.96 bits per heavy atom. The Labute approximate surface area is 146 Å². The SMILES string of the molecule is CC1(C)OB(C(=Cc2cccc3sc(N)nc23)CS)OC1(C)C. The maximum Gasteiger partial charge on any atom is 0.491 e. The summed E-state index contributed by atoms with van der Waals surface area (Å²) in [5.41, 5.74) is 8.00. The molecule has 0 spiro atoms. The predicted octanol–water partition coefficient (Wildman–Crippen LogP) is 3.82. The Balaban J connectivity index is 1.99. The van der Waals surface area contributed by atoms with Crippen LogP contribution in [0.15, 0.2) is 23.7 Å². The number of nitrogens with zero attached hydrogens (tertiary/aromatic N) is 1. The molecular formula is C16H21BN2O2S2. The van der Waals surface area contributed by atoms with Crippen LogP contribution in [-0.4, -0.2) is 29.1 Å². The molecule has 0 aliphatic carbocycles. The molecule has 0 saturated carbocycles. The maximum atomic E-state index is 6.12. The van der Waals surface area contributed by atoms with Crippen molar-refractivity contribution in [3.63, 3.8) is 0 Å². The summed E-state index contributed by atoms with van der Waals surface area (Å²) in [5, 5.41) is 0.573. The number of aromatic nitrogens is 1. The summed E-state index contributed by atoms with van der Waals surface area (Å²) in [7, 11) is -0.399. The zero-order chi connectivity index (χ0) is 16.8. The second kappa shape index (κ2) is 5.81. The number of hydrogen-bond acceptors (Lipinski definition) is 6. The topological polar surface area (TPSA) is 57.4 Å². The van der Waals surface area contributed by atoms with Crippen molar-refractivity contribution in [2.24, 2.45) is 0 Å². The molecule has 1 saturated heterocycles. The summed E-state index contributed by atoms with van der Waals surface area (Å²) >= 11 is 5.95. The minimum absolute atomic E-state index is 0.364. The van der Waals surface area contributed by atoms with Gasteiger partial charge in [0.05, 0.1) is 21.4 Å². The molecule has 23 heavy (non-hydrogen) atoms. The van der Waals surface area contributed by atoms with Crippen LogP contribution in [0.25, 0.3) is 16.3 Å². The lowest BCUT2D eigenvalue weighted by Crippen LogP contribution is -2.41. The summed E-state index contributed by atoms with van der Waals surface area (Å²) in [6.07, 6.45) is 2.05. The molecular weight excluding hydrogens is 327 g/mol. The van der Waals surface area contributed by atoms with Gasteiger partial charge in [0.15, 0.2) is 5.13 Å². The Hall–Kier alpha value is -1.02. The van der Waals surface area contributed by atoms with Gasteiger partial charge in [0.2, 0.25) is 0 Å². The minimum atomic E-state index is -0.399. The van der Waals surface area contributed by atoms with Crippen molar-refractivity contribution in [2.75, 3.05) is 11.5 Å². The largest absolute Gasteiger partial charge is 0.491 e. The summed E-state index contributed by atoms with van der Waals surface area (Å²) in [6, 6.07) is 6.05. The maximum absolute atomic E-state index is 6.12. The van der Waals surface area contributed by atoms with Crippen LogP contribution in [0.5, 0.6) is 0 Å². The first-order valence-electron chi connectivity index (χ1n) is 7.55. The van der Waals surface area contributed by atoms with Gasteiger partial charge < -0.3 is 15.0 Å². The van der Waals surface area contributed by atoms with Gasteiger partial charge in [-0.05, 0) is 39.2 Å². The Kier molecular flexibility index (Phi) is 4.25. The van der Waals surface area contributed by atoms with E-state index >= 15 is 0 Å². The number of para-hydroxylation sites is 1. The zero-order valence-electron chi connectivity index (χ0n) is 13.8. The number of thiazole rings is 1. The smallest absolute Gasteiger partial charge is 0.400 e. The Morgan fingerprint density at radius 1 is 1.30 bits per heavy atom.